The van der Waals surface area contributed by atoms with Gasteiger partial charge in [0.2, 0.25) is 0 Å². The first-order chi connectivity index (χ1) is 6.84. The van der Waals surface area contributed by atoms with Crippen molar-refractivity contribution < 1.29 is 4.42 Å². The van der Waals surface area contributed by atoms with Gasteiger partial charge >= 0.3 is 0 Å². The molecular formula is C11H11NOS. The van der Waals surface area contributed by atoms with Gasteiger partial charge in [-0.15, -0.1) is 0 Å². The normalized spacial score (nSPS) is 10.4. The van der Waals surface area contributed by atoms with Crippen LogP contribution in [0.15, 0.2) is 46.0 Å². The van der Waals surface area contributed by atoms with Crippen LogP contribution < -0.4 is 0 Å². The van der Waals surface area contributed by atoms with Gasteiger partial charge < -0.3 is 4.42 Å². The van der Waals surface area contributed by atoms with Crippen molar-refractivity contribution in [3.63, 3.8) is 0 Å². The Morgan fingerprint density at radius 2 is 2.07 bits per heavy atom. The van der Waals surface area contributed by atoms with E-state index in [2.05, 4.69) is 17.1 Å². The molecule has 0 spiro atoms. The van der Waals surface area contributed by atoms with Crippen LogP contribution in [0.5, 0.6) is 0 Å². The van der Waals surface area contributed by atoms with Gasteiger partial charge in [-0.1, -0.05) is 42.1 Å². The molecule has 1 aromatic heterocycles. The van der Waals surface area contributed by atoms with Crippen LogP contribution >= 0.6 is 11.8 Å². The number of nitrogens with zero attached hydrogens (tertiary/aromatic N) is 1. The number of benzene rings is 1. The van der Waals surface area contributed by atoms with E-state index in [1.807, 2.05) is 25.1 Å². The minimum absolute atomic E-state index is 0.723. The van der Waals surface area contributed by atoms with Gasteiger partial charge in [0.05, 0.1) is 0 Å². The highest BCUT2D eigenvalue weighted by Crippen LogP contribution is 2.21. The van der Waals surface area contributed by atoms with Gasteiger partial charge in [0.25, 0.3) is 0 Å². The molecule has 0 radical (unpaired) electrons. The fraction of sp³-hybridized carbons (Fsp3) is 0.182. The summed E-state index contributed by atoms with van der Waals surface area (Å²) in [6.45, 7) is 1.85. The molecular weight excluding hydrogens is 194 g/mol. The molecule has 2 aromatic rings. The Balaban J connectivity index is 1.95. The van der Waals surface area contributed by atoms with Gasteiger partial charge in [-0.3, -0.25) is 0 Å². The zero-order chi connectivity index (χ0) is 9.80. The third-order valence-corrected chi connectivity index (χ3v) is 2.79. The number of thioether (sulfide) groups is 1. The fourth-order valence-corrected chi connectivity index (χ4v) is 1.96. The Labute approximate surface area is 87.4 Å². The minimum atomic E-state index is 0.723. The van der Waals surface area contributed by atoms with Crippen LogP contribution in [-0.2, 0) is 5.75 Å². The molecule has 0 unspecified atom stereocenters. The molecule has 0 saturated carbocycles. The smallest absolute Gasteiger partial charge is 0.191 e. The van der Waals surface area contributed by atoms with Gasteiger partial charge in [0.1, 0.15) is 11.3 Å². The quantitative estimate of drug-likeness (QED) is 0.719. The van der Waals surface area contributed by atoms with Crippen molar-refractivity contribution in [1.82, 2.24) is 4.98 Å². The average molecular weight is 205 g/mol. The van der Waals surface area contributed by atoms with E-state index in [0.29, 0.717) is 0 Å². The third-order valence-electron chi connectivity index (χ3n) is 1.83. The van der Waals surface area contributed by atoms with Crippen molar-refractivity contribution in [2.75, 3.05) is 0 Å². The molecule has 72 valence electrons. The zero-order valence-corrected chi connectivity index (χ0v) is 8.75. The highest BCUT2D eigenvalue weighted by molar-refractivity contribution is 7.98. The van der Waals surface area contributed by atoms with Crippen molar-refractivity contribution in [1.29, 1.82) is 0 Å². The molecule has 0 saturated heterocycles. The predicted octanol–water partition coefficient (Wildman–Crippen LogP) is 3.28. The van der Waals surface area contributed by atoms with Crippen molar-refractivity contribution in [3.05, 3.63) is 48.0 Å². The SMILES string of the molecule is Cc1nc(SCc2ccccc2)co1. The van der Waals surface area contributed by atoms with E-state index in [-0.39, 0.29) is 0 Å². The lowest BCUT2D eigenvalue weighted by atomic mass is 10.2. The van der Waals surface area contributed by atoms with E-state index >= 15 is 0 Å². The molecule has 0 amide bonds. The summed E-state index contributed by atoms with van der Waals surface area (Å²) in [5, 5.41) is 0.950. The highest BCUT2D eigenvalue weighted by Gasteiger charge is 2.00. The number of oxazole rings is 1. The van der Waals surface area contributed by atoms with E-state index in [1.54, 1.807) is 18.0 Å². The molecule has 0 bridgehead atoms. The second kappa shape index (κ2) is 4.33. The number of hydrogen-bond acceptors (Lipinski definition) is 3. The standard InChI is InChI=1S/C11H11NOS/c1-9-12-11(7-13-9)14-8-10-5-3-2-4-6-10/h2-7H,8H2,1H3. The Kier molecular flexibility index (Phi) is 2.89. The molecule has 1 heterocycles. The first-order valence-electron chi connectivity index (χ1n) is 4.43. The maximum atomic E-state index is 5.12. The topological polar surface area (TPSA) is 26.0 Å². The molecule has 2 rings (SSSR count). The molecule has 0 aliphatic carbocycles. The summed E-state index contributed by atoms with van der Waals surface area (Å²) in [6.07, 6.45) is 1.70. The van der Waals surface area contributed by atoms with E-state index in [9.17, 15) is 0 Å². The van der Waals surface area contributed by atoms with E-state index in [4.69, 9.17) is 4.42 Å². The van der Waals surface area contributed by atoms with Crippen LogP contribution in [0.1, 0.15) is 11.5 Å². The minimum Gasteiger partial charge on any atom is -0.448 e. The van der Waals surface area contributed by atoms with Crippen molar-refractivity contribution >= 4 is 11.8 Å². The van der Waals surface area contributed by atoms with E-state index in [0.717, 1.165) is 16.7 Å². The summed E-state index contributed by atoms with van der Waals surface area (Å²) >= 11 is 1.69. The van der Waals surface area contributed by atoms with Crippen LogP contribution in [-0.4, -0.2) is 4.98 Å². The maximum absolute atomic E-state index is 5.12. The van der Waals surface area contributed by atoms with Crippen LogP contribution in [0.25, 0.3) is 0 Å². The predicted molar refractivity (Wildman–Crippen MR) is 57.2 cm³/mol. The van der Waals surface area contributed by atoms with Gasteiger partial charge in [-0.25, -0.2) is 4.98 Å². The number of rotatable bonds is 3. The Morgan fingerprint density at radius 3 is 2.71 bits per heavy atom. The zero-order valence-electron chi connectivity index (χ0n) is 7.93. The summed E-state index contributed by atoms with van der Waals surface area (Å²) in [5.74, 6) is 1.66. The van der Waals surface area contributed by atoms with Gasteiger partial charge in [0.15, 0.2) is 5.89 Å². The van der Waals surface area contributed by atoms with Crippen LogP contribution in [0, 0.1) is 6.92 Å². The number of aryl methyl sites for hydroxylation is 1. The summed E-state index contributed by atoms with van der Waals surface area (Å²) < 4.78 is 5.12. The summed E-state index contributed by atoms with van der Waals surface area (Å²) in [6, 6.07) is 10.3. The molecule has 1 aromatic carbocycles. The Hall–Kier alpha value is -1.22. The Morgan fingerprint density at radius 1 is 1.29 bits per heavy atom. The second-order valence-electron chi connectivity index (χ2n) is 2.98. The Bertz CT molecular complexity index is 397. The highest BCUT2D eigenvalue weighted by atomic mass is 32.2. The monoisotopic (exact) mass is 205 g/mol. The van der Waals surface area contributed by atoms with Gasteiger partial charge in [0, 0.05) is 12.7 Å². The van der Waals surface area contributed by atoms with Crippen LogP contribution in [0.4, 0.5) is 0 Å². The third kappa shape index (κ3) is 2.39. The number of hydrogen-bond donors (Lipinski definition) is 0. The molecule has 0 aliphatic heterocycles. The van der Waals surface area contributed by atoms with Gasteiger partial charge in [-0.2, -0.15) is 0 Å². The summed E-state index contributed by atoms with van der Waals surface area (Å²) in [5.41, 5.74) is 1.30. The lowest BCUT2D eigenvalue weighted by Gasteiger charge is -1.96. The fourth-order valence-electron chi connectivity index (χ4n) is 1.14. The largest absolute Gasteiger partial charge is 0.448 e. The molecule has 14 heavy (non-hydrogen) atoms. The van der Waals surface area contributed by atoms with Crippen molar-refractivity contribution in [2.24, 2.45) is 0 Å². The van der Waals surface area contributed by atoms with Gasteiger partial charge in [-0.05, 0) is 5.56 Å². The van der Waals surface area contributed by atoms with E-state index < -0.39 is 0 Å². The molecule has 2 nitrogen and oxygen atoms in total. The summed E-state index contributed by atoms with van der Waals surface area (Å²) in [7, 11) is 0. The molecule has 3 heteroatoms. The van der Waals surface area contributed by atoms with Crippen LogP contribution in [0.3, 0.4) is 0 Å². The number of aromatic nitrogens is 1. The lowest BCUT2D eigenvalue weighted by Crippen LogP contribution is -1.79. The average Bonchev–Trinajstić information content (AvgIpc) is 2.63. The molecule has 0 fully saturated rings. The molecule has 0 atom stereocenters. The first-order valence-corrected chi connectivity index (χ1v) is 5.42. The van der Waals surface area contributed by atoms with Crippen LogP contribution in [0.2, 0.25) is 0 Å². The van der Waals surface area contributed by atoms with Crippen molar-refractivity contribution in [3.8, 4) is 0 Å². The first kappa shape index (κ1) is 9.34. The second-order valence-corrected chi connectivity index (χ2v) is 3.97. The molecule has 0 aliphatic rings. The molecule has 0 N–H and O–H groups in total. The van der Waals surface area contributed by atoms with E-state index in [1.165, 1.54) is 5.56 Å². The lowest BCUT2D eigenvalue weighted by molar-refractivity contribution is 0.520. The van der Waals surface area contributed by atoms with Crippen molar-refractivity contribution in [2.45, 2.75) is 17.7 Å². The summed E-state index contributed by atoms with van der Waals surface area (Å²) in [4.78, 5) is 4.22. The maximum Gasteiger partial charge on any atom is 0.191 e.